The van der Waals surface area contributed by atoms with E-state index >= 15 is 0 Å². The first-order valence-corrected chi connectivity index (χ1v) is 11.9. The Labute approximate surface area is 200 Å². The fourth-order valence-corrected chi connectivity index (χ4v) is 5.78. The molecule has 3 aliphatic carbocycles. The molecule has 0 spiro atoms. The topological polar surface area (TPSA) is 117 Å². The number of hydrogen-bond donors (Lipinski definition) is 3. The fourth-order valence-electron chi connectivity index (χ4n) is 5.62. The Morgan fingerprint density at radius 1 is 1.06 bits per heavy atom. The van der Waals surface area contributed by atoms with E-state index in [1.807, 2.05) is 36.4 Å². The number of benzene rings is 1. The highest BCUT2D eigenvalue weighted by atomic mass is 35.5. The van der Waals surface area contributed by atoms with Gasteiger partial charge in [0.15, 0.2) is 11.5 Å². The summed E-state index contributed by atoms with van der Waals surface area (Å²) in [6.07, 6.45) is 5.61. The zero-order valence-electron chi connectivity index (χ0n) is 18.3. The van der Waals surface area contributed by atoms with Crippen LogP contribution in [0.25, 0.3) is 33.8 Å². The van der Waals surface area contributed by atoms with Crippen molar-refractivity contribution in [2.45, 2.75) is 31.7 Å². The highest BCUT2D eigenvalue weighted by Gasteiger charge is 2.47. The first-order valence-electron chi connectivity index (χ1n) is 11.5. The van der Waals surface area contributed by atoms with Crippen molar-refractivity contribution in [2.75, 3.05) is 5.32 Å². The number of nitrogens with zero attached hydrogens (tertiary/aromatic N) is 4. The number of halogens is 1. The van der Waals surface area contributed by atoms with Gasteiger partial charge in [0, 0.05) is 23.9 Å². The Kier molecular flexibility index (Phi) is 5.17. The quantitative estimate of drug-likeness (QED) is 0.371. The predicted molar refractivity (Wildman–Crippen MR) is 129 cm³/mol. The number of nitrogens with one attached hydrogen (secondary N) is 2. The van der Waals surface area contributed by atoms with E-state index in [-0.39, 0.29) is 12.0 Å². The Balaban J connectivity index is 1.46. The molecule has 3 aromatic heterocycles. The summed E-state index contributed by atoms with van der Waals surface area (Å²) >= 11 is 6.19. The number of carbonyl (C=O) groups is 1. The lowest BCUT2D eigenvalue weighted by Gasteiger charge is -2.47. The highest BCUT2D eigenvalue weighted by Crippen LogP contribution is 2.46. The van der Waals surface area contributed by atoms with Gasteiger partial charge in [0.1, 0.15) is 11.5 Å². The van der Waals surface area contributed by atoms with E-state index in [9.17, 15) is 9.90 Å². The number of hydrogen-bond acceptors (Lipinski definition) is 6. The van der Waals surface area contributed by atoms with Crippen molar-refractivity contribution in [1.82, 2.24) is 25.1 Å². The van der Waals surface area contributed by atoms with Crippen LogP contribution in [0.3, 0.4) is 0 Å². The second-order valence-corrected chi connectivity index (χ2v) is 9.60. The summed E-state index contributed by atoms with van der Waals surface area (Å²) in [5.41, 5.74) is 2.82. The van der Waals surface area contributed by atoms with Crippen molar-refractivity contribution < 1.29 is 9.90 Å². The summed E-state index contributed by atoms with van der Waals surface area (Å²) in [5, 5.41) is 22.0. The molecule has 2 bridgehead atoms. The van der Waals surface area contributed by atoms with E-state index in [0.717, 1.165) is 42.3 Å². The summed E-state index contributed by atoms with van der Waals surface area (Å²) in [6.45, 7) is 0. The SMILES string of the molecule is O=C(O)C1C2CCC(CC2)C1Nc1cc(-c2ccccc2)nc(-c2[nH]nc3ncc(Cl)cc23)n1. The molecule has 4 aromatic rings. The maximum absolute atomic E-state index is 12.2. The lowest BCUT2D eigenvalue weighted by molar-refractivity contribution is -0.148. The van der Waals surface area contributed by atoms with E-state index in [1.54, 1.807) is 12.3 Å². The van der Waals surface area contributed by atoms with Crippen LogP contribution in [0.15, 0.2) is 48.7 Å². The molecular formula is C25H23ClN6O2. The van der Waals surface area contributed by atoms with Gasteiger partial charge < -0.3 is 10.4 Å². The largest absolute Gasteiger partial charge is 0.481 e. The standard InChI is InChI=1S/C25H23ClN6O2/c26-16-10-17-22(31-32-23(17)27-12-16)24-28-18(13-4-2-1-3-5-13)11-19(30-24)29-21-15-8-6-14(7-9-15)20(21)25(33)34/h1-5,10-12,14-15,20-21H,6-9H2,(H,33,34)(H,27,31,32)(H,28,29,30). The summed E-state index contributed by atoms with van der Waals surface area (Å²) in [4.78, 5) is 26.0. The Morgan fingerprint density at radius 3 is 2.59 bits per heavy atom. The van der Waals surface area contributed by atoms with Gasteiger partial charge in [0.05, 0.1) is 22.0 Å². The smallest absolute Gasteiger partial charge is 0.308 e. The number of rotatable bonds is 5. The molecule has 0 radical (unpaired) electrons. The van der Waals surface area contributed by atoms with Crippen LogP contribution < -0.4 is 5.32 Å². The molecular weight excluding hydrogens is 452 g/mol. The number of carboxylic acid groups (broad SMARTS) is 1. The molecule has 3 fully saturated rings. The third-order valence-electron chi connectivity index (χ3n) is 7.21. The molecule has 0 saturated heterocycles. The summed E-state index contributed by atoms with van der Waals surface area (Å²) in [6, 6.07) is 13.4. The van der Waals surface area contributed by atoms with Gasteiger partial charge >= 0.3 is 5.97 Å². The number of aliphatic carboxylic acids is 1. The van der Waals surface area contributed by atoms with Crippen molar-refractivity contribution >= 4 is 34.4 Å². The Hall–Kier alpha value is -3.52. The first-order chi connectivity index (χ1) is 16.6. The van der Waals surface area contributed by atoms with Crippen molar-refractivity contribution in [3.8, 4) is 22.8 Å². The number of carboxylic acids is 1. The lowest BCUT2D eigenvalue weighted by Crippen LogP contribution is -2.51. The molecule has 8 nitrogen and oxygen atoms in total. The van der Waals surface area contributed by atoms with Gasteiger partial charge in [-0.25, -0.2) is 15.0 Å². The van der Waals surface area contributed by atoms with Crippen LogP contribution in [0, 0.1) is 17.8 Å². The number of fused-ring (bicyclic) bond motifs is 4. The molecule has 9 heteroatoms. The molecule has 3 N–H and O–H groups in total. The highest BCUT2D eigenvalue weighted by molar-refractivity contribution is 6.31. The average molecular weight is 475 g/mol. The van der Waals surface area contributed by atoms with Crippen molar-refractivity contribution in [3.05, 3.63) is 53.7 Å². The predicted octanol–water partition coefficient (Wildman–Crippen LogP) is 5.04. The normalized spacial score (nSPS) is 23.8. The maximum Gasteiger partial charge on any atom is 0.308 e. The molecule has 0 amide bonds. The summed E-state index contributed by atoms with van der Waals surface area (Å²) in [7, 11) is 0. The number of H-pyrrole nitrogens is 1. The molecule has 172 valence electrons. The second-order valence-electron chi connectivity index (χ2n) is 9.16. The van der Waals surface area contributed by atoms with Crippen molar-refractivity contribution in [3.63, 3.8) is 0 Å². The van der Waals surface area contributed by atoms with E-state index in [4.69, 9.17) is 21.6 Å². The zero-order valence-corrected chi connectivity index (χ0v) is 19.0. The maximum atomic E-state index is 12.2. The third-order valence-corrected chi connectivity index (χ3v) is 7.42. The molecule has 0 aliphatic heterocycles. The van der Waals surface area contributed by atoms with Crippen LogP contribution in [-0.2, 0) is 4.79 Å². The van der Waals surface area contributed by atoms with Crippen LogP contribution in [0.4, 0.5) is 5.82 Å². The number of pyridine rings is 1. The fraction of sp³-hybridized carbons (Fsp3) is 0.320. The number of aromatic amines is 1. The van der Waals surface area contributed by atoms with Gasteiger partial charge in [-0.3, -0.25) is 9.89 Å². The van der Waals surface area contributed by atoms with E-state index in [0.29, 0.717) is 33.9 Å². The minimum atomic E-state index is -0.732. The molecule has 3 aliphatic rings. The van der Waals surface area contributed by atoms with Crippen LogP contribution in [0.1, 0.15) is 25.7 Å². The minimum Gasteiger partial charge on any atom is -0.481 e. The number of anilines is 1. The minimum absolute atomic E-state index is 0.161. The zero-order chi connectivity index (χ0) is 23.2. The summed E-state index contributed by atoms with van der Waals surface area (Å²) in [5.74, 6) is 0.431. The van der Waals surface area contributed by atoms with Gasteiger partial charge in [-0.1, -0.05) is 41.9 Å². The summed E-state index contributed by atoms with van der Waals surface area (Å²) < 4.78 is 0. The molecule has 2 atom stereocenters. The van der Waals surface area contributed by atoms with Crippen LogP contribution in [0.2, 0.25) is 5.02 Å². The van der Waals surface area contributed by atoms with Gasteiger partial charge in [-0.15, -0.1) is 0 Å². The monoisotopic (exact) mass is 474 g/mol. The number of aromatic nitrogens is 5. The molecule has 3 saturated carbocycles. The Bertz CT molecular complexity index is 1370. The Morgan fingerprint density at radius 2 is 1.82 bits per heavy atom. The van der Waals surface area contributed by atoms with Crippen molar-refractivity contribution in [2.24, 2.45) is 17.8 Å². The van der Waals surface area contributed by atoms with Crippen LogP contribution in [-0.4, -0.2) is 42.3 Å². The van der Waals surface area contributed by atoms with E-state index < -0.39 is 11.9 Å². The first kappa shape index (κ1) is 21.0. The van der Waals surface area contributed by atoms with Gasteiger partial charge in [0.25, 0.3) is 0 Å². The molecule has 3 heterocycles. The molecule has 7 rings (SSSR count). The average Bonchev–Trinajstić information content (AvgIpc) is 3.28. The van der Waals surface area contributed by atoms with Crippen LogP contribution in [0.5, 0.6) is 0 Å². The molecule has 2 unspecified atom stereocenters. The van der Waals surface area contributed by atoms with Crippen molar-refractivity contribution in [1.29, 1.82) is 0 Å². The third kappa shape index (κ3) is 3.68. The lowest BCUT2D eigenvalue weighted by atomic mass is 9.61. The van der Waals surface area contributed by atoms with Gasteiger partial charge in [0.2, 0.25) is 0 Å². The van der Waals surface area contributed by atoms with Gasteiger partial charge in [-0.05, 0) is 43.6 Å². The van der Waals surface area contributed by atoms with Gasteiger partial charge in [-0.2, -0.15) is 5.10 Å². The van der Waals surface area contributed by atoms with Crippen LogP contribution >= 0.6 is 11.6 Å². The molecule has 34 heavy (non-hydrogen) atoms. The molecule has 1 aromatic carbocycles. The second kappa shape index (κ2) is 8.36. The van der Waals surface area contributed by atoms with E-state index in [2.05, 4.69) is 20.5 Å². The van der Waals surface area contributed by atoms with E-state index in [1.165, 1.54) is 0 Å².